The van der Waals surface area contributed by atoms with Crippen LogP contribution in [-0.2, 0) is 27.1 Å². The Morgan fingerprint density at radius 2 is 1.09 bits per heavy atom. The maximum atomic E-state index is 7.14. The van der Waals surface area contributed by atoms with E-state index in [-0.39, 0.29) is 33.8 Å². The minimum atomic E-state index is -0.0235. The van der Waals surface area contributed by atoms with E-state index >= 15 is 0 Å². The van der Waals surface area contributed by atoms with Crippen LogP contribution >= 0.6 is 0 Å². The molecule has 342 valence electrons. The Bertz CT molecular complexity index is 3430. The van der Waals surface area contributed by atoms with Crippen molar-refractivity contribution >= 4 is 79.2 Å². The number of aryl methyl sites for hydroxylation is 2. The van der Waals surface area contributed by atoms with E-state index in [0.29, 0.717) is 0 Å². The number of nitrogens with zero attached hydrogens (tertiary/aromatic N) is 2. The summed E-state index contributed by atoms with van der Waals surface area (Å²) in [4.78, 5) is 5.31. The largest absolute Gasteiger partial charge is 0.456 e. The summed E-state index contributed by atoms with van der Waals surface area (Å²) >= 11 is 0. The Kier molecular flexibility index (Phi) is 9.10. The molecule has 2 aliphatic heterocycles. The van der Waals surface area contributed by atoms with E-state index in [1.807, 2.05) is 0 Å². The molecule has 0 bridgehead atoms. The maximum Gasteiger partial charge on any atom is 0.252 e. The summed E-state index contributed by atoms with van der Waals surface area (Å²) in [7, 11) is 0. The zero-order valence-corrected chi connectivity index (χ0v) is 42.8. The van der Waals surface area contributed by atoms with Crippen molar-refractivity contribution in [1.29, 1.82) is 0 Å². The summed E-state index contributed by atoms with van der Waals surface area (Å²) < 4.78 is 7.14. The molecule has 0 atom stereocenters. The molecule has 12 rings (SSSR count). The fourth-order valence-corrected chi connectivity index (χ4v) is 13.0. The molecule has 0 radical (unpaired) electrons. The van der Waals surface area contributed by atoms with Crippen LogP contribution in [-0.4, -0.2) is 6.71 Å². The van der Waals surface area contributed by atoms with Crippen molar-refractivity contribution < 1.29 is 4.42 Å². The molecule has 1 aromatic heterocycles. The molecule has 0 fully saturated rings. The second kappa shape index (κ2) is 14.3. The number of benzene rings is 7. The molecule has 3 heterocycles. The van der Waals surface area contributed by atoms with Gasteiger partial charge in [-0.1, -0.05) is 149 Å². The molecule has 0 unspecified atom stereocenters. The second-order valence-electron chi connectivity index (χ2n) is 24.8. The van der Waals surface area contributed by atoms with E-state index in [1.165, 1.54) is 111 Å². The molecule has 0 saturated heterocycles. The van der Waals surface area contributed by atoms with Crippen molar-refractivity contribution in [2.45, 2.75) is 143 Å². The van der Waals surface area contributed by atoms with Crippen molar-refractivity contribution in [1.82, 2.24) is 0 Å². The topological polar surface area (TPSA) is 19.6 Å². The number of furan rings is 1. The van der Waals surface area contributed by atoms with Gasteiger partial charge in [-0.3, -0.25) is 0 Å². The Morgan fingerprint density at radius 1 is 0.500 bits per heavy atom. The molecule has 2 aliphatic carbocycles. The van der Waals surface area contributed by atoms with E-state index < -0.39 is 0 Å². The van der Waals surface area contributed by atoms with Crippen LogP contribution in [0.1, 0.15) is 141 Å². The smallest absolute Gasteiger partial charge is 0.252 e. The van der Waals surface area contributed by atoms with E-state index in [4.69, 9.17) is 4.42 Å². The van der Waals surface area contributed by atoms with Gasteiger partial charge in [0.15, 0.2) is 0 Å². The van der Waals surface area contributed by atoms with Crippen molar-refractivity contribution in [2.24, 2.45) is 0 Å². The highest BCUT2D eigenvalue weighted by atomic mass is 16.3. The molecule has 4 aliphatic rings. The summed E-state index contributed by atoms with van der Waals surface area (Å²) in [5.41, 5.74) is 25.8. The van der Waals surface area contributed by atoms with Crippen LogP contribution in [0, 0.1) is 13.8 Å². The quantitative estimate of drug-likeness (QED) is 0.165. The van der Waals surface area contributed by atoms with Crippen molar-refractivity contribution in [3.8, 4) is 11.1 Å². The SMILES string of the molecule is Cc1cc2c3c(c1)N(c1ccccc1-c1ccccc1)c1c(ccc4oc5cc6c(cc5c14)C(C)(C)CCC6(C)C)B3c1cc3c(cc1N2c1ccc(C(C)(C)C)cc1C)C(C)(C)CCC3(C)C. The van der Waals surface area contributed by atoms with E-state index in [2.05, 4.69) is 221 Å². The molecule has 3 nitrogen and oxygen atoms in total. The average Bonchev–Trinajstić information content (AvgIpc) is 3.67. The molecule has 0 N–H and O–H groups in total. The van der Waals surface area contributed by atoms with Crippen LogP contribution in [0.2, 0.25) is 0 Å². The zero-order chi connectivity index (χ0) is 47.6. The summed E-state index contributed by atoms with van der Waals surface area (Å²) in [5, 5.41) is 2.41. The number of rotatable bonds is 3. The molecule has 0 spiro atoms. The lowest BCUT2D eigenvalue weighted by molar-refractivity contribution is 0.332. The fourth-order valence-electron chi connectivity index (χ4n) is 13.0. The van der Waals surface area contributed by atoms with Crippen LogP contribution in [0.3, 0.4) is 0 Å². The van der Waals surface area contributed by atoms with Crippen molar-refractivity contribution in [3.63, 3.8) is 0 Å². The van der Waals surface area contributed by atoms with Gasteiger partial charge in [0.1, 0.15) is 11.2 Å². The van der Waals surface area contributed by atoms with Crippen LogP contribution < -0.4 is 26.2 Å². The van der Waals surface area contributed by atoms with E-state index in [9.17, 15) is 0 Å². The van der Waals surface area contributed by atoms with E-state index in [1.54, 1.807) is 0 Å². The number of anilines is 6. The first-order valence-corrected chi connectivity index (χ1v) is 25.4. The normalized spacial score (nSPS) is 18.2. The first-order valence-electron chi connectivity index (χ1n) is 25.4. The summed E-state index contributed by atoms with van der Waals surface area (Å²) in [5.74, 6) is 0. The third kappa shape index (κ3) is 6.24. The molecular formula is C64H67BN2O. The molecule has 7 aromatic carbocycles. The van der Waals surface area contributed by atoms with Gasteiger partial charge in [-0.25, -0.2) is 0 Å². The Morgan fingerprint density at radius 3 is 1.74 bits per heavy atom. The molecule has 4 heteroatoms. The first-order chi connectivity index (χ1) is 32.1. The minimum Gasteiger partial charge on any atom is -0.456 e. The third-order valence-electron chi connectivity index (χ3n) is 17.3. The maximum absolute atomic E-state index is 7.14. The van der Waals surface area contributed by atoms with E-state index in [0.717, 1.165) is 36.8 Å². The monoisotopic (exact) mass is 891 g/mol. The van der Waals surface area contributed by atoms with Crippen molar-refractivity contribution in [3.05, 3.63) is 160 Å². The van der Waals surface area contributed by atoms with Crippen LogP contribution in [0.5, 0.6) is 0 Å². The lowest BCUT2D eigenvalue weighted by atomic mass is 9.33. The predicted octanol–water partition coefficient (Wildman–Crippen LogP) is 15.9. The number of hydrogen-bond donors (Lipinski definition) is 0. The van der Waals surface area contributed by atoms with Gasteiger partial charge in [-0.05, 0) is 176 Å². The van der Waals surface area contributed by atoms with Gasteiger partial charge < -0.3 is 14.2 Å². The Balaban J connectivity index is 1.24. The first kappa shape index (κ1) is 43.3. The lowest BCUT2D eigenvalue weighted by Gasteiger charge is -2.48. The highest BCUT2D eigenvalue weighted by Gasteiger charge is 2.48. The van der Waals surface area contributed by atoms with Gasteiger partial charge in [-0.15, -0.1) is 0 Å². The average molecular weight is 891 g/mol. The molecular weight excluding hydrogens is 824 g/mol. The van der Waals surface area contributed by atoms with Gasteiger partial charge in [-0.2, -0.15) is 0 Å². The molecule has 0 saturated carbocycles. The minimum absolute atomic E-state index is 0.0235. The standard InChI is InChI=1S/C64H67BN2O/c1-38-31-53-58-54(32-38)67(51-22-18-17-21-42(51)40-19-15-14-16-20-40)59-48(24-26-55-57(59)43-34-44-47(37-56(43)68-55)64(12,13)30-27-61(44,6)7)65(58)49-35-45-46(63(10,11)29-28-62(45,8)9)36-52(49)66(53)50-25-23-41(33-39(50)2)60(3,4)5/h14-26,31-37H,27-30H2,1-13H3. The van der Waals surface area contributed by atoms with Crippen LogP contribution in [0.4, 0.5) is 34.1 Å². The van der Waals surface area contributed by atoms with Gasteiger partial charge in [0, 0.05) is 33.7 Å². The highest BCUT2D eigenvalue weighted by Crippen LogP contribution is 2.54. The molecule has 8 aromatic rings. The summed E-state index contributed by atoms with van der Waals surface area (Å²) in [6.07, 6.45) is 4.64. The van der Waals surface area contributed by atoms with Gasteiger partial charge in [0.05, 0.1) is 16.8 Å². The summed E-state index contributed by atoms with van der Waals surface area (Å²) in [6.45, 7) is 31.2. The van der Waals surface area contributed by atoms with Gasteiger partial charge in [0.2, 0.25) is 0 Å². The number of hydrogen-bond acceptors (Lipinski definition) is 3. The summed E-state index contributed by atoms with van der Waals surface area (Å²) in [6, 6.07) is 47.2. The van der Waals surface area contributed by atoms with Crippen LogP contribution in [0.25, 0.3) is 33.1 Å². The van der Waals surface area contributed by atoms with Crippen LogP contribution in [0.15, 0.2) is 126 Å². The Labute approximate surface area is 405 Å². The molecule has 68 heavy (non-hydrogen) atoms. The zero-order valence-electron chi connectivity index (χ0n) is 42.8. The third-order valence-corrected chi connectivity index (χ3v) is 17.3. The Hall–Kier alpha value is -6.00. The lowest BCUT2D eigenvalue weighted by Crippen LogP contribution is -2.62. The number of para-hydroxylation sites is 1. The predicted molar refractivity (Wildman–Crippen MR) is 292 cm³/mol. The second-order valence-corrected chi connectivity index (χ2v) is 24.8. The van der Waals surface area contributed by atoms with Gasteiger partial charge >= 0.3 is 0 Å². The molecule has 0 amide bonds. The highest BCUT2D eigenvalue weighted by molar-refractivity contribution is 7.00. The van der Waals surface area contributed by atoms with Gasteiger partial charge in [0.25, 0.3) is 6.71 Å². The van der Waals surface area contributed by atoms with Crippen molar-refractivity contribution in [2.75, 3.05) is 9.80 Å². The number of fused-ring (bicyclic) bond motifs is 10. The fraction of sp³-hybridized carbons (Fsp3) is 0.344.